The maximum Gasteiger partial charge on any atom is 0.220 e. The highest BCUT2D eigenvalue weighted by molar-refractivity contribution is 5.96. The van der Waals surface area contributed by atoms with Gasteiger partial charge in [0.15, 0.2) is 0 Å². The third-order valence-corrected chi connectivity index (χ3v) is 3.03. The molecule has 0 bridgehead atoms. The van der Waals surface area contributed by atoms with Gasteiger partial charge in [-0.2, -0.15) is 0 Å². The number of hydrogen-bond acceptors (Lipinski definition) is 5. The Bertz CT molecular complexity index is 758. The molecule has 2 aromatic carbocycles. The second-order valence-corrected chi connectivity index (χ2v) is 4.39. The molecule has 4 N–H and O–H groups in total. The fourth-order valence-electron chi connectivity index (χ4n) is 2.07. The van der Waals surface area contributed by atoms with E-state index in [1.165, 1.54) is 0 Å². The van der Waals surface area contributed by atoms with Gasteiger partial charge in [-0.3, -0.25) is 0 Å². The first-order valence-electron chi connectivity index (χ1n) is 6.21. The van der Waals surface area contributed by atoms with E-state index in [0.717, 1.165) is 27.9 Å². The van der Waals surface area contributed by atoms with E-state index >= 15 is 0 Å². The van der Waals surface area contributed by atoms with Gasteiger partial charge in [0.25, 0.3) is 0 Å². The highest BCUT2D eigenvalue weighted by Crippen LogP contribution is 2.30. The predicted octanol–water partition coefficient (Wildman–Crippen LogP) is 2.37. The first-order valence-corrected chi connectivity index (χ1v) is 6.21. The molecule has 3 rings (SSSR count). The number of anilines is 2. The van der Waals surface area contributed by atoms with Crippen molar-refractivity contribution in [1.29, 1.82) is 0 Å². The summed E-state index contributed by atoms with van der Waals surface area (Å²) in [5, 5.41) is 1.96. The monoisotopic (exact) mass is 266 g/mol. The molecule has 3 aromatic rings. The summed E-state index contributed by atoms with van der Waals surface area (Å²) in [5.41, 5.74) is 13.0. The zero-order chi connectivity index (χ0) is 13.9. The Balaban J connectivity index is 1.90. The molecule has 1 heterocycles. The summed E-state index contributed by atoms with van der Waals surface area (Å²) in [6, 6.07) is 13.3. The van der Waals surface area contributed by atoms with Crippen LogP contribution in [0.5, 0.6) is 5.75 Å². The van der Waals surface area contributed by atoms with Gasteiger partial charge in [0.2, 0.25) is 5.95 Å². The van der Waals surface area contributed by atoms with E-state index in [-0.39, 0.29) is 5.95 Å². The molecule has 0 atom stereocenters. The van der Waals surface area contributed by atoms with Crippen LogP contribution in [0, 0.1) is 0 Å². The van der Waals surface area contributed by atoms with E-state index in [1.54, 1.807) is 12.3 Å². The van der Waals surface area contributed by atoms with Gasteiger partial charge >= 0.3 is 0 Å². The molecule has 0 saturated carbocycles. The topological polar surface area (TPSA) is 87.0 Å². The molecule has 0 fully saturated rings. The minimum atomic E-state index is 0.244. The van der Waals surface area contributed by atoms with E-state index in [2.05, 4.69) is 9.97 Å². The van der Waals surface area contributed by atoms with Crippen molar-refractivity contribution >= 4 is 22.4 Å². The van der Waals surface area contributed by atoms with Crippen LogP contribution in [0.25, 0.3) is 10.8 Å². The fraction of sp³-hybridized carbons (Fsp3) is 0.0667. The van der Waals surface area contributed by atoms with E-state index in [4.69, 9.17) is 16.2 Å². The zero-order valence-electron chi connectivity index (χ0n) is 10.8. The number of rotatable bonds is 3. The molecule has 5 heteroatoms. The van der Waals surface area contributed by atoms with Crippen molar-refractivity contribution in [1.82, 2.24) is 9.97 Å². The summed E-state index contributed by atoms with van der Waals surface area (Å²) >= 11 is 0. The SMILES string of the molecule is Nc1nccc(COc2ccc(N)c3ccccc23)n1. The maximum atomic E-state index is 5.96. The molecule has 20 heavy (non-hydrogen) atoms. The van der Waals surface area contributed by atoms with Gasteiger partial charge in [-0.15, -0.1) is 0 Å². The molecule has 0 unspecified atom stereocenters. The number of hydrogen-bond donors (Lipinski definition) is 2. The Labute approximate surface area is 116 Å². The molecule has 0 aliphatic heterocycles. The number of aromatic nitrogens is 2. The van der Waals surface area contributed by atoms with Gasteiger partial charge in [-0.25, -0.2) is 9.97 Å². The Kier molecular flexibility index (Phi) is 3.09. The molecular formula is C15H14N4O. The standard InChI is InChI=1S/C15H14N4O/c16-13-5-6-14(12-4-2-1-3-11(12)13)20-9-10-7-8-18-15(17)19-10/h1-8H,9,16H2,(H2,17,18,19). The van der Waals surface area contributed by atoms with Crippen LogP contribution in [0.1, 0.15) is 5.69 Å². The Morgan fingerprint density at radius 3 is 2.55 bits per heavy atom. The van der Waals surface area contributed by atoms with Gasteiger partial charge in [0.1, 0.15) is 12.4 Å². The quantitative estimate of drug-likeness (QED) is 0.711. The molecule has 1 aromatic heterocycles. The lowest BCUT2D eigenvalue weighted by Gasteiger charge is -2.10. The Morgan fingerprint density at radius 2 is 1.75 bits per heavy atom. The molecule has 0 amide bonds. The number of fused-ring (bicyclic) bond motifs is 1. The average Bonchev–Trinajstić information content (AvgIpc) is 2.47. The second-order valence-electron chi connectivity index (χ2n) is 4.39. The lowest BCUT2D eigenvalue weighted by Crippen LogP contribution is -2.02. The van der Waals surface area contributed by atoms with Crippen molar-refractivity contribution in [3.63, 3.8) is 0 Å². The van der Waals surface area contributed by atoms with E-state index in [1.807, 2.05) is 36.4 Å². The average molecular weight is 266 g/mol. The minimum absolute atomic E-state index is 0.244. The van der Waals surface area contributed by atoms with Crippen LogP contribution >= 0.6 is 0 Å². The van der Waals surface area contributed by atoms with Gasteiger partial charge in [0.05, 0.1) is 5.69 Å². The van der Waals surface area contributed by atoms with Crippen molar-refractivity contribution in [2.45, 2.75) is 6.61 Å². The molecular weight excluding hydrogens is 252 g/mol. The van der Waals surface area contributed by atoms with Crippen molar-refractivity contribution in [3.05, 3.63) is 54.4 Å². The zero-order valence-corrected chi connectivity index (χ0v) is 10.8. The highest BCUT2D eigenvalue weighted by Gasteiger charge is 2.05. The molecule has 0 aliphatic carbocycles. The smallest absolute Gasteiger partial charge is 0.220 e. The minimum Gasteiger partial charge on any atom is -0.487 e. The predicted molar refractivity (Wildman–Crippen MR) is 79.1 cm³/mol. The van der Waals surface area contributed by atoms with Crippen LogP contribution < -0.4 is 16.2 Å². The largest absolute Gasteiger partial charge is 0.487 e. The van der Waals surface area contributed by atoms with Crippen molar-refractivity contribution in [2.24, 2.45) is 0 Å². The summed E-state index contributed by atoms with van der Waals surface area (Å²) < 4.78 is 5.81. The summed E-state index contributed by atoms with van der Waals surface area (Å²) in [5.74, 6) is 1.01. The number of benzene rings is 2. The van der Waals surface area contributed by atoms with Crippen LogP contribution in [0.4, 0.5) is 11.6 Å². The number of ether oxygens (including phenoxy) is 1. The van der Waals surface area contributed by atoms with Crippen molar-refractivity contribution < 1.29 is 4.74 Å². The fourth-order valence-corrected chi connectivity index (χ4v) is 2.07. The molecule has 100 valence electrons. The summed E-state index contributed by atoms with van der Waals surface area (Å²) in [4.78, 5) is 7.95. The molecule has 0 radical (unpaired) electrons. The summed E-state index contributed by atoms with van der Waals surface area (Å²) in [7, 11) is 0. The highest BCUT2D eigenvalue weighted by atomic mass is 16.5. The number of nitrogen functional groups attached to an aromatic ring is 2. The number of nitrogens with two attached hydrogens (primary N) is 2. The van der Waals surface area contributed by atoms with Crippen LogP contribution in [0.15, 0.2) is 48.7 Å². The summed E-state index contributed by atoms with van der Waals surface area (Å²) in [6.07, 6.45) is 1.61. The van der Waals surface area contributed by atoms with Gasteiger partial charge in [-0.1, -0.05) is 24.3 Å². The molecule has 0 spiro atoms. The Morgan fingerprint density at radius 1 is 0.950 bits per heavy atom. The normalized spacial score (nSPS) is 10.6. The van der Waals surface area contributed by atoms with Crippen LogP contribution in [0.2, 0.25) is 0 Å². The lowest BCUT2D eigenvalue weighted by atomic mass is 10.1. The first kappa shape index (κ1) is 12.2. The van der Waals surface area contributed by atoms with E-state index in [0.29, 0.717) is 6.61 Å². The van der Waals surface area contributed by atoms with Crippen LogP contribution in [-0.4, -0.2) is 9.97 Å². The molecule has 0 saturated heterocycles. The van der Waals surface area contributed by atoms with E-state index < -0.39 is 0 Å². The molecule has 5 nitrogen and oxygen atoms in total. The van der Waals surface area contributed by atoms with Crippen LogP contribution in [0.3, 0.4) is 0 Å². The lowest BCUT2D eigenvalue weighted by molar-refractivity contribution is 0.305. The van der Waals surface area contributed by atoms with Gasteiger partial charge in [-0.05, 0) is 18.2 Å². The summed E-state index contributed by atoms with van der Waals surface area (Å²) in [6.45, 7) is 0.334. The number of nitrogens with zero attached hydrogens (tertiary/aromatic N) is 2. The molecule has 0 aliphatic rings. The van der Waals surface area contributed by atoms with Crippen molar-refractivity contribution in [2.75, 3.05) is 11.5 Å². The third-order valence-electron chi connectivity index (χ3n) is 3.03. The Hall–Kier alpha value is -2.82. The maximum absolute atomic E-state index is 5.96. The van der Waals surface area contributed by atoms with Gasteiger partial charge < -0.3 is 16.2 Å². The van der Waals surface area contributed by atoms with Crippen molar-refractivity contribution in [3.8, 4) is 5.75 Å². The second kappa shape index (κ2) is 5.05. The van der Waals surface area contributed by atoms with Gasteiger partial charge in [0, 0.05) is 22.7 Å². The third kappa shape index (κ3) is 2.33. The van der Waals surface area contributed by atoms with Crippen LogP contribution in [-0.2, 0) is 6.61 Å². The first-order chi connectivity index (χ1) is 9.74. The van der Waals surface area contributed by atoms with E-state index in [9.17, 15) is 0 Å².